The fraction of sp³-hybridized carbons (Fsp3) is 0.538. The number of halogens is 1. The normalized spacial score (nSPS) is 24.7. The predicted octanol–water partition coefficient (Wildman–Crippen LogP) is 3.66. The quantitative estimate of drug-likeness (QED) is 0.407. The number of phenolic OH excluding ortho intramolecular Hbond substituents is 1. The number of amides is 2. The molecule has 180 valence electrons. The molecule has 1 aromatic rings. The Morgan fingerprint density at radius 1 is 1.27 bits per heavy atom. The van der Waals surface area contributed by atoms with Crippen LogP contribution < -0.4 is 0 Å². The lowest BCUT2D eigenvalue weighted by atomic mass is 9.66. The van der Waals surface area contributed by atoms with Crippen molar-refractivity contribution in [2.24, 2.45) is 23.7 Å². The van der Waals surface area contributed by atoms with Gasteiger partial charge in [0.2, 0.25) is 11.8 Å². The fourth-order valence-electron chi connectivity index (χ4n) is 5.28. The van der Waals surface area contributed by atoms with E-state index in [1.54, 1.807) is 6.07 Å². The van der Waals surface area contributed by atoms with Crippen molar-refractivity contribution in [3.8, 4) is 5.75 Å². The average molecular weight is 460 g/mol. The summed E-state index contributed by atoms with van der Waals surface area (Å²) in [6, 6.07) is 4.21. The number of allylic oxidation sites excluding steroid dienone is 2. The summed E-state index contributed by atoms with van der Waals surface area (Å²) in [4.78, 5) is 26.5. The van der Waals surface area contributed by atoms with Crippen molar-refractivity contribution in [2.45, 2.75) is 52.6 Å². The van der Waals surface area contributed by atoms with Crippen molar-refractivity contribution < 1.29 is 29.3 Å². The lowest BCUT2D eigenvalue weighted by Gasteiger charge is -2.38. The minimum atomic E-state index is -0.860. The number of nitrogens with zero attached hydrogens (tertiary/aromatic N) is 1. The van der Waals surface area contributed by atoms with Gasteiger partial charge in [0.1, 0.15) is 0 Å². The Balaban J connectivity index is 1.86. The molecule has 2 amide bonds. The number of aliphatic hydroxyl groups excluding tert-OH is 2. The number of aromatic hydroxyl groups is 1. The summed E-state index contributed by atoms with van der Waals surface area (Å²) >= 11 is 0. The molecule has 0 bridgehead atoms. The molecule has 3 N–H and O–H groups in total. The Hall–Kier alpha value is -2.51. The van der Waals surface area contributed by atoms with E-state index in [1.807, 2.05) is 26.8 Å². The largest absolute Gasteiger partial charge is 0.505 e. The number of aliphatic hydroxyl groups is 2. The van der Waals surface area contributed by atoms with Crippen molar-refractivity contribution in [1.82, 2.24) is 4.90 Å². The molecule has 3 rings (SSSR count). The van der Waals surface area contributed by atoms with Crippen LogP contribution in [0.3, 0.4) is 0 Å². The van der Waals surface area contributed by atoms with Gasteiger partial charge in [0.25, 0.3) is 0 Å². The first-order chi connectivity index (χ1) is 15.6. The zero-order chi connectivity index (χ0) is 24.4. The standard InChI is InChI=1S/C26H34FNO5/c1-5-15(10-16-7-8-21(30)20(27)11-16)6-9-22(31)23-17(14(2)3)12-18-24(19(23)13-29)26(33)28(4)25(18)32/h7-8,10-11,14,18-19,22,24,29-31H,5-6,9,12-13H2,1-4H3/b15-10+/t18-,19+,22-,24-/m1/s1. The highest BCUT2D eigenvalue weighted by atomic mass is 19.1. The van der Waals surface area contributed by atoms with E-state index < -0.39 is 35.4 Å². The molecule has 0 spiro atoms. The third-order valence-electron chi connectivity index (χ3n) is 7.13. The third kappa shape index (κ3) is 4.89. The number of hydrogen-bond acceptors (Lipinski definition) is 5. The van der Waals surface area contributed by atoms with Crippen LogP contribution in [0.4, 0.5) is 4.39 Å². The molecular weight excluding hydrogens is 425 g/mol. The molecule has 2 aliphatic rings. The summed E-state index contributed by atoms with van der Waals surface area (Å²) in [5.41, 5.74) is 3.27. The number of rotatable bonds is 8. The summed E-state index contributed by atoms with van der Waals surface area (Å²) in [6.45, 7) is 5.67. The van der Waals surface area contributed by atoms with E-state index in [2.05, 4.69) is 0 Å². The lowest BCUT2D eigenvalue weighted by Crippen LogP contribution is -2.39. The highest BCUT2D eigenvalue weighted by molar-refractivity contribution is 6.05. The van der Waals surface area contributed by atoms with Crippen molar-refractivity contribution in [2.75, 3.05) is 13.7 Å². The number of hydrogen-bond donors (Lipinski definition) is 3. The molecule has 1 heterocycles. The van der Waals surface area contributed by atoms with Gasteiger partial charge < -0.3 is 15.3 Å². The predicted molar refractivity (Wildman–Crippen MR) is 123 cm³/mol. The molecule has 6 nitrogen and oxygen atoms in total. The maximum absolute atomic E-state index is 13.7. The molecule has 1 saturated heterocycles. The van der Waals surface area contributed by atoms with Gasteiger partial charge in [-0.05, 0) is 54.9 Å². The number of carbonyl (C=O) groups excluding carboxylic acids is 2. The van der Waals surface area contributed by atoms with Crippen LogP contribution in [0.5, 0.6) is 5.75 Å². The highest BCUT2D eigenvalue weighted by Crippen LogP contribution is 2.47. The molecule has 0 unspecified atom stereocenters. The van der Waals surface area contributed by atoms with Crippen LogP contribution in [0.2, 0.25) is 0 Å². The molecule has 7 heteroatoms. The number of likely N-dealkylation sites (tertiary alicyclic amines) is 1. The van der Waals surface area contributed by atoms with Gasteiger partial charge in [0.15, 0.2) is 11.6 Å². The Labute approximate surface area is 194 Å². The average Bonchev–Trinajstić information content (AvgIpc) is 3.01. The first kappa shape index (κ1) is 25.1. The fourth-order valence-corrected chi connectivity index (χ4v) is 5.28. The first-order valence-corrected chi connectivity index (χ1v) is 11.6. The lowest BCUT2D eigenvalue weighted by molar-refractivity contribution is -0.138. The summed E-state index contributed by atoms with van der Waals surface area (Å²) in [7, 11) is 1.48. The van der Waals surface area contributed by atoms with Gasteiger partial charge in [-0.25, -0.2) is 4.39 Å². The van der Waals surface area contributed by atoms with E-state index in [4.69, 9.17) is 0 Å². The molecule has 1 aliphatic carbocycles. The molecule has 4 atom stereocenters. The zero-order valence-corrected chi connectivity index (χ0v) is 19.7. The Morgan fingerprint density at radius 2 is 1.97 bits per heavy atom. The van der Waals surface area contributed by atoms with Crippen LogP contribution in [-0.2, 0) is 9.59 Å². The van der Waals surface area contributed by atoms with E-state index in [9.17, 15) is 29.3 Å². The molecule has 33 heavy (non-hydrogen) atoms. The van der Waals surface area contributed by atoms with Gasteiger partial charge in [0.05, 0.1) is 24.5 Å². The Morgan fingerprint density at radius 3 is 2.55 bits per heavy atom. The van der Waals surface area contributed by atoms with Crippen LogP contribution in [0.1, 0.15) is 52.0 Å². The minimum Gasteiger partial charge on any atom is -0.505 e. The SMILES string of the molecule is CC/C(=C\c1ccc(O)c(F)c1)CC[C@@H](O)C1=C(C(C)C)C[C@H]2C(=O)N(C)C(=O)[C@H]2[C@H]1CO. The van der Waals surface area contributed by atoms with Crippen LogP contribution in [0, 0.1) is 29.5 Å². The topological polar surface area (TPSA) is 98.1 Å². The van der Waals surface area contributed by atoms with E-state index in [0.717, 1.165) is 16.0 Å². The van der Waals surface area contributed by atoms with Crippen molar-refractivity contribution in [3.63, 3.8) is 0 Å². The molecule has 0 radical (unpaired) electrons. The van der Waals surface area contributed by atoms with Gasteiger partial charge in [0, 0.05) is 13.0 Å². The van der Waals surface area contributed by atoms with Crippen LogP contribution in [-0.4, -0.2) is 51.8 Å². The van der Waals surface area contributed by atoms with E-state index in [0.29, 0.717) is 36.8 Å². The summed E-state index contributed by atoms with van der Waals surface area (Å²) < 4.78 is 13.7. The monoisotopic (exact) mass is 459 g/mol. The molecule has 1 fully saturated rings. The summed E-state index contributed by atoms with van der Waals surface area (Å²) in [6.07, 6.45) is 3.05. The van der Waals surface area contributed by atoms with Gasteiger partial charge in [-0.2, -0.15) is 0 Å². The highest BCUT2D eigenvalue weighted by Gasteiger charge is 2.53. The van der Waals surface area contributed by atoms with Crippen molar-refractivity contribution >= 4 is 17.9 Å². The number of carbonyl (C=O) groups is 2. The molecule has 1 aliphatic heterocycles. The van der Waals surface area contributed by atoms with E-state index in [-0.39, 0.29) is 24.3 Å². The van der Waals surface area contributed by atoms with Crippen LogP contribution >= 0.6 is 0 Å². The molecule has 0 saturated carbocycles. The Bertz CT molecular complexity index is 983. The number of fused-ring (bicyclic) bond motifs is 1. The van der Waals surface area contributed by atoms with Crippen LogP contribution in [0.15, 0.2) is 34.9 Å². The van der Waals surface area contributed by atoms with Gasteiger partial charge in [-0.1, -0.05) is 44.1 Å². The molecular formula is C26H34FNO5. The number of imide groups is 1. The van der Waals surface area contributed by atoms with Gasteiger partial charge in [-0.3, -0.25) is 14.5 Å². The maximum atomic E-state index is 13.7. The molecule has 0 aromatic heterocycles. The number of benzene rings is 1. The second kappa shape index (κ2) is 10.2. The third-order valence-corrected chi connectivity index (χ3v) is 7.13. The van der Waals surface area contributed by atoms with Crippen molar-refractivity contribution in [1.29, 1.82) is 0 Å². The Kier molecular flexibility index (Phi) is 7.75. The van der Waals surface area contributed by atoms with E-state index in [1.165, 1.54) is 19.2 Å². The van der Waals surface area contributed by atoms with Gasteiger partial charge >= 0.3 is 0 Å². The maximum Gasteiger partial charge on any atom is 0.233 e. The summed E-state index contributed by atoms with van der Waals surface area (Å²) in [5.74, 6) is -3.23. The second-order valence-corrected chi connectivity index (χ2v) is 9.42. The number of phenols is 1. The zero-order valence-electron chi connectivity index (χ0n) is 19.7. The molecule has 1 aromatic carbocycles. The van der Waals surface area contributed by atoms with E-state index >= 15 is 0 Å². The minimum absolute atomic E-state index is 0.0691. The van der Waals surface area contributed by atoms with Crippen molar-refractivity contribution in [3.05, 3.63) is 46.3 Å². The van der Waals surface area contributed by atoms with Crippen LogP contribution in [0.25, 0.3) is 6.08 Å². The second-order valence-electron chi connectivity index (χ2n) is 9.42. The summed E-state index contributed by atoms with van der Waals surface area (Å²) in [5, 5.41) is 30.8. The van der Waals surface area contributed by atoms with Gasteiger partial charge in [-0.15, -0.1) is 0 Å². The first-order valence-electron chi connectivity index (χ1n) is 11.6. The smallest absolute Gasteiger partial charge is 0.233 e.